The molecular formula is C11H9F3N2O. The topological polar surface area (TPSA) is 48.9 Å². The van der Waals surface area contributed by atoms with Gasteiger partial charge in [0.25, 0.3) is 0 Å². The van der Waals surface area contributed by atoms with E-state index in [9.17, 15) is 18.3 Å². The highest BCUT2D eigenvalue weighted by molar-refractivity contribution is 5.67. The molecule has 0 bridgehead atoms. The molecule has 0 aliphatic rings. The highest BCUT2D eigenvalue weighted by Crippen LogP contribution is 2.33. The summed E-state index contributed by atoms with van der Waals surface area (Å²) in [6.07, 6.45) is -4.47. The molecule has 90 valence electrons. The number of halogens is 3. The number of nitrogens with zero attached hydrogens (tertiary/aromatic N) is 1. The average molecular weight is 242 g/mol. The van der Waals surface area contributed by atoms with Gasteiger partial charge in [0.05, 0.1) is 5.69 Å². The highest BCUT2D eigenvalue weighted by atomic mass is 19.4. The Hall–Kier alpha value is -1.98. The molecule has 0 fully saturated rings. The zero-order valence-electron chi connectivity index (χ0n) is 8.84. The van der Waals surface area contributed by atoms with Crippen LogP contribution < -0.4 is 0 Å². The van der Waals surface area contributed by atoms with Gasteiger partial charge in [0.15, 0.2) is 0 Å². The highest BCUT2D eigenvalue weighted by Gasteiger charge is 2.33. The van der Waals surface area contributed by atoms with Crippen LogP contribution in [0.5, 0.6) is 5.75 Å². The van der Waals surface area contributed by atoms with Gasteiger partial charge < -0.3 is 5.11 Å². The van der Waals surface area contributed by atoms with Gasteiger partial charge in [-0.25, -0.2) is 0 Å². The van der Waals surface area contributed by atoms with Crippen molar-refractivity contribution in [3.63, 3.8) is 0 Å². The first kappa shape index (κ1) is 11.5. The largest absolute Gasteiger partial charge is 0.507 e. The van der Waals surface area contributed by atoms with Crippen LogP contribution in [-0.4, -0.2) is 15.3 Å². The first-order chi connectivity index (χ1) is 7.88. The number of alkyl halides is 3. The molecule has 0 saturated carbocycles. The third-order valence-electron chi connectivity index (χ3n) is 2.31. The molecule has 0 spiro atoms. The van der Waals surface area contributed by atoms with Crippen LogP contribution in [0.4, 0.5) is 13.2 Å². The van der Waals surface area contributed by atoms with E-state index in [0.717, 1.165) is 11.6 Å². The molecule has 2 rings (SSSR count). The van der Waals surface area contributed by atoms with Crippen molar-refractivity contribution in [3.05, 3.63) is 35.5 Å². The first-order valence-electron chi connectivity index (χ1n) is 4.80. The lowest BCUT2D eigenvalue weighted by atomic mass is 10.1. The number of aryl methyl sites for hydroxylation is 1. The minimum absolute atomic E-state index is 0.0647. The summed E-state index contributed by atoms with van der Waals surface area (Å²) >= 11 is 0. The summed E-state index contributed by atoms with van der Waals surface area (Å²) in [5.41, 5.74) is 0.211. The summed E-state index contributed by atoms with van der Waals surface area (Å²) in [7, 11) is 0. The van der Waals surface area contributed by atoms with E-state index in [2.05, 4.69) is 5.10 Å². The smallest absolute Gasteiger partial charge is 0.432 e. The predicted molar refractivity (Wildman–Crippen MR) is 55.4 cm³/mol. The zero-order chi connectivity index (χ0) is 12.6. The summed E-state index contributed by atoms with van der Waals surface area (Å²) in [5, 5.41) is 15.1. The van der Waals surface area contributed by atoms with Crippen LogP contribution in [0.3, 0.4) is 0 Å². The lowest BCUT2D eigenvalue weighted by molar-refractivity contribution is -0.141. The Morgan fingerprint density at radius 2 is 1.94 bits per heavy atom. The fourth-order valence-electron chi connectivity index (χ4n) is 1.46. The van der Waals surface area contributed by atoms with E-state index in [-0.39, 0.29) is 17.0 Å². The van der Waals surface area contributed by atoms with Gasteiger partial charge in [-0.15, -0.1) is 0 Å². The van der Waals surface area contributed by atoms with Crippen molar-refractivity contribution < 1.29 is 18.3 Å². The minimum Gasteiger partial charge on any atom is -0.507 e. The van der Waals surface area contributed by atoms with Gasteiger partial charge in [-0.2, -0.15) is 18.3 Å². The fourth-order valence-corrected chi connectivity index (χ4v) is 1.46. The first-order valence-corrected chi connectivity index (χ1v) is 4.80. The number of benzene rings is 1. The molecule has 2 aromatic rings. The number of rotatable bonds is 1. The molecule has 0 saturated heterocycles. The second-order valence-corrected chi connectivity index (χ2v) is 3.69. The standard InChI is InChI=1S/C11H9F3N2O/c1-6-2-3-7(9(17)4-6)8-5-10(16-15-8)11(12,13)14/h2-5,17H,1H3,(H,15,16). The van der Waals surface area contributed by atoms with E-state index in [1.807, 2.05) is 5.10 Å². The van der Waals surface area contributed by atoms with Crippen molar-refractivity contribution >= 4 is 0 Å². The van der Waals surface area contributed by atoms with Crippen molar-refractivity contribution in [2.24, 2.45) is 0 Å². The molecular weight excluding hydrogens is 233 g/mol. The minimum atomic E-state index is -4.47. The summed E-state index contributed by atoms with van der Waals surface area (Å²) in [6.45, 7) is 1.77. The molecule has 0 unspecified atom stereocenters. The summed E-state index contributed by atoms with van der Waals surface area (Å²) in [4.78, 5) is 0. The summed E-state index contributed by atoms with van der Waals surface area (Å²) < 4.78 is 37.0. The Morgan fingerprint density at radius 3 is 2.47 bits per heavy atom. The Kier molecular flexibility index (Phi) is 2.57. The second-order valence-electron chi connectivity index (χ2n) is 3.69. The Balaban J connectivity index is 2.44. The number of nitrogens with one attached hydrogen (secondary N) is 1. The van der Waals surface area contributed by atoms with E-state index in [1.54, 1.807) is 13.0 Å². The van der Waals surface area contributed by atoms with E-state index < -0.39 is 11.9 Å². The van der Waals surface area contributed by atoms with Gasteiger partial charge in [0.1, 0.15) is 11.4 Å². The van der Waals surface area contributed by atoms with Gasteiger partial charge in [-0.1, -0.05) is 6.07 Å². The fraction of sp³-hybridized carbons (Fsp3) is 0.182. The maximum atomic E-state index is 12.3. The van der Waals surface area contributed by atoms with E-state index >= 15 is 0 Å². The molecule has 0 radical (unpaired) electrons. The number of hydrogen-bond donors (Lipinski definition) is 2. The third kappa shape index (κ3) is 2.25. The number of aromatic amines is 1. The van der Waals surface area contributed by atoms with E-state index in [4.69, 9.17) is 0 Å². The van der Waals surface area contributed by atoms with Crippen LogP contribution >= 0.6 is 0 Å². The summed E-state index contributed by atoms with van der Waals surface area (Å²) in [5.74, 6) is -0.0924. The van der Waals surface area contributed by atoms with Crippen LogP contribution in [0, 0.1) is 6.92 Å². The summed E-state index contributed by atoms with van der Waals surface area (Å²) in [6, 6.07) is 5.56. The lowest BCUT2D eigenvalue weighted by Crippen LogP contribution is -2.04. The average Bonchev–Trinajstić information content (AvgIpc) is 2.65. The third-order valence-corrected chi connectivity index (χ3v) is 2.31. The van der Waals surface area contributed by atoms with Crippen molar-refractivity contribution in [2.45, 2.75) is 13.1 Å². The Labute approximate surface area is 94.9 Å². The SMILES string of the molecule is Cc1ccc(-c2cc(C(F)(F)F)[nH]n2)c(O)c1. The van der Waals surface area contributed by atoms with Gasteiger partial charge in [-0.3, -0.25) is 5.10 Å². The molecule has 17 heavy (non-hydrogen) atoms. The molecule has 2 N–H and O–H groups in total. The zero-order valence-corrected chi connectivity index (χ0v) is 8.84. The lowest BCUT2D eigenvalue weighted by Gasteiger charge is -2.02. The molecule has 0 aliphatic heterocycles. The van der Waals surface area contributed by atoms with Crippen LogP contribution in [0.25, 0.3) is 11.3 Å². The molecule has 1 heterocycles. The molecule has 3 nitrogen and oxygen atoms in total. The number of aromatic hydroxyl groups is 1. The normalized spacial score (nSPS) is 11.8. The van der Waals surface area contributed by atoms with E-state index in [0.29, 0.717) is 0 Å². The van der Waals surface area contributed by atoms with Gasteiger partial charge >= 0.3 is 6.18 Å². The van der Waals surface area contributed by atoms with Crippen LogP contribution in [0.15, 0.2) is 24.3 Å². The number of phenolic OH excluding ortho intramolecular Hbond substituents is 1. The number of aromatic nitrogens is 2. The maximum absolute atomic E-state index is 12.3. The van der Waals surface area contributed by atoms with Crippen molar-refractivity contribution in [3.8, 4) is 17.0 Å². The van der Waals surface area contributed by atoms with Gasteiger partial charge in [0.2, 0.25) is 0 Å². The van der Waals surface area contributed by atoms with Crippen molar-refractivity contribution in [1.82, 2.24) is 10.2 Å². The van der Waals surface area contributed by atoms with Crippen LogP contribution in [0.2, 0.25) is 0 Å². The molecule has 0 atom stereocenters. The van der Waals surface area contributed by atoms with Crippen molar-refractivity contribution in [1.29, 1.82) is 0 Å². The predicted octanol–water partition coefficient (Wildman–Crippen LogP) is 3.11. The maximum Gasteiger partial charge on any atom is 0.432 e. The van der Waals surface area contributed by atoms with E-state index in [1.165, 1.54) is 12.1 Å². The van der Waals surface area contributed by atoms with Crippen LogP contribution in [-0.2, 0) is 6.18 Å². The quantitative estimate of drug-likeness (QED) is 0.807. The Bertz CT molecular complexity index is 546. The monoisotopic (exact) mass is 242 g/mol. The number of H-pyrrole nitrogens is 1. The van der Waals surface area contributed by atoms with Crippen molar-refractivity contribution in [2.75, 3.05) is 0 Å². The van der Waals surface area contributed by atoms with Crippen LogP contribution in [0.1, 0.15) is 11.3 Å². The Morgan fingerprint density at radius 1 is 1.24 bits per heavy atom. The number of hydrogen-bond acceptors (Lipinski definition) is 2. The van der Waals surface area contributed by atoms with Gasteiger partial charge in [0, 0.05) is 5.56 Å². The molecule has 1 aromatic carbocycles. The second kappa shape index (κ2) is 3.80. The molecule has 0 aliphatic carbocycles. The molecule has 0 amide bonds. The number of phenols is 1. The van der Waals surface area contributed by atoms with Gasteiger partial charge in [-0.05, 0) is 30.7 Å². The molecule has 6 heteroatoms. The molecule has 1 aromatic heterocycles.